The molecule has 0 saturated carbocycles. The monoisotopic (exact) mass is 237 g/mol. The van der Waals surface area contributed by atoms with E-state index in [1.54, 1.807) is 6.08 Å². The Hall–Kier alpha value is -1.85. The van der Waals surface area contributed by atoms with Crippen LogP contribution in [-0.2, 0) is 0 Å². The lowest BCUT2D eigenvalue weighted by Gasteiger charge is -2.18. The minimum atomic E-state index is 0.176. The summed E-state index contributed by atoms with van der Waals surface area (Å²) >= 11 is 0. The summed E-state index contributed by atoms with van der Waals surface area (Å²) in [6.07, 6.45) is 2.52. The molecule has 1 aromatic rings. The normalized spacial score (nSPS) is 10.0. The largest absolute Gasteiger partial charge is 0.463 e. The second-order valence-electron chi connectivity index (χ2n) is 3.37. The fourth-order valence-corrected chi connectivity index (χ4v) is 1.31. The molecule has 0 aliphatic carbocycles. The van der Waals surface area contributed by atoms with E-state index < -0.39 is 0 Å². The van der Waals surface area contributed by atoms with Gasteiger partial charge in [0.2, 0.25) is 11.9 Å². The summed E-state index contributed by atoms with van der Waals surface area (Å²) in [6.45, 7) is 9.79. The molecule has 17 heavy (non-hydrogen) atoms. The molecule has 1 aromatic heterocycles. The van der Waals surface area contributed by atoms with Crippen LogP contribution in [0.2, 0.25) is 0 Å². The zero-order valence-electron chi connectivity index (χ0n) is 10.4. The van der Waals surface area contributed by atoms with Crippen molar-refractivity contribution in [3.05, 3.63) is 12.7 Å². The molecule has 6 heteroatoms. The lowest BCUT2D eigenvalue weighted by Crippen LogP contribution is -2.25. The Labute approximate surface area is 102 Å². The molecule has 1 heterocycles. The Morgan fingerprint density at radius 2 is 2.00 bits per heavy atom. The summed E-state index contributed by atoms with van der Waals surface area (Å²) in [5, 5.41) is 0. The van der Waals surface area contributed by atoms with E-state index in [0.29, 0.717) is 12.6 Å². The van der Waals surface area contributed by atoms with Gasteiger partial charge in [-0.05, 0) is 20.3 Å². The van der Waals surface area contributed by atoms with Gasteiger partial charge in [-0.3, -0.25) is 0 Å². The van der Waals surface area contributed by atoms with Crippen LogP contribution in [0.15, 0.2) is 12.7 Å². The van der Waals surface area contributed by atoms with E-state index in [9.17, 15) is 0 Å². The Kier molecular flexibility index (Phi) is 5.19. The molecular weight excluding hydrogens is 218 g/mol. The number of nitrogens with two attached hydrogens (primary N) is 1. The molecule has 6 nitrogen and oxygen atoms in total. The molecule has 0 atom stereocenters. The second kappa shape index (κ2) is 6.67. The third kappa shape index (κ3) is 3.90. The maximum Gasteiger partial charge on any atom is 0.323 e. The van der Waals surface area contributed by atoms with Crippen LogP contribution in [-0.4, -0.2) is 34.6 Å². The van der Waals surface area contributed by atoms with E-state index >= 15 is 0 Å². The van der Waals surface area contributed by atoms with Crippen molar-refractivity contribution in [3.63, 3.8) is 0 Å². The Morgan fingerprint density at radius 3 is 2.59 bits per heavy atom. The molecular formula is C11H19N5O. The predicted molar refractivity (Wildman–Crippen MR) is 68.1 cm³/mol. The van der Waals surface area contributed by atoms with E-state index in [4.69, 9.17) is 10.5 Å². The van der Waals surface area contributed by atoms with Crippen LogP contribution in [0.1, 0.15) is 20.3 Å². The smallest absolute Gasteiger partial charge is 0.323 e. The highest BCUT2D eigenvalue weighted by Gasteiger charge is 2.10. The van der Waals surface area contributed by atoms with Crippen LogP contribution in [0, 0.1) is 0 Å². The number of hydrogen-bond acceptors (Lipinski definition) is 6. The molecule has 94 valence electrons. The summed E-state index contributed by atoms with van der Waals surface area (Å²) in [4.78, 5) is 14.2. The molecule has 0 aliphatic heterocycles. The molecule has 0 aliphatic rings. The number of rotatable bonds is 7. The van der Waals surface area contributed by atoms with Crippen LogP contribution in [0.25, 0.3) is 0 Å². The third-order valence-corrected chi connectivity index (χ3v) is 2.22. The molecule has 0 fully saturated rings. The minimum absolute atomic E-state index is 0.176. The average Bonchev–Trinajstić information content (AvgIpc) is 2.30. The first-order chi connectivity index (χ1) is 8.21. The van der Waals surface area contributed by atoms with Gasteiger partial charge < -0.3 is 15.4 Å². The molecule has 0 amide bonds. The van der Waals surface area contributed by atoms with Crippen LogP contribution in [0.4, 0.5) is 11.9 Å². The van der Waals surface area contributed by atoms with E-state index in [2.05, 4.69) is 21.5 Å². The van der Waals surface area contributed by atoms with Crippen LogP contribution in [0.3, 0.4) is 0 Å². The number of nitrogen functional groups attached to an aromatic ring is 1. The molecule has 0 bridgehead atoms. The number of aromatic nitrogens is 3. The van der Waals surface area contributed by atoms with Gasteiger partial charge in [0.1, 0.15) is 0 Å². The zero-order chi connectivity index (χ0) is 12.7. The van der Waals surface area contributed by atoms with Gasteiger partial charge in [0, 0.05) is 13.1 Å². The van der Waals surface area contributed by atoms with Crippen molar-refractivity contribution in [2.75, 3.05) is 30.3 Å². The molecule has 2 N–H and O–H groups in total. The molecule has 0 radical (unpaired) electrons. The summed E-state index contributed by atoms with van der Waals surface area (Å²) in [5.41, 5.74) is 5.62. The first-order valence-electron chi connectivity index (χ1n) is 5.71. The van der Waals surface area contributed by atoms with Crippen LogP contribution >= 0.6 is 0 Å². The van der Waals surface area contributed by atoms with Crippen molar-refractivity contribution in [2.45, 2.75) is 20.3 Å². The van der Waals surface area contributed by atoms with Crippen molar-refractivity contribution in [2.24, 2.45) is 0 Å². The fourth-order valence-electron chi connectivity index (χ4n) is 1.31. The van der Waals surface area contributed by atoms with Gasteiger partial charge in [0.15, 0.2) is 0 Å². The highest BCUT2D eigenvalue weighted by Crippen LogP contribution is 2.13. The van der Waals surface area contributed by atoms with Crippen LogP contribution in [0.5, 0.6) is 6.01 Å². The van der Waals surface area contributed by atoms with Gasteiger partial charge in [-0.15, -0.1) is 6.58 Å². The standard InChI is InChI=1S/C11H19N5O/c1-4-7-8-17-11-14-9(12)13-10(15-11)16(5-2)6-3/h4H,1,5-8H2,2-3H3,(H2,12,13,14,15). The fraction of sp³-hybridized carbons (Fsp3) is 0.545. The quantitative estimate of drug-likeness (QED) is 0.568. The summed E-state index contributed by atoms with van der Waals surface area (Å²) < 4.78 is 5.37. The maximum absolute atomic E-state index is 5.62. The third-order valence-electron chi connectivity index (χ3n) is 2.22. The lowest BCUT2D eigenvalue weighted by atomic mass is 10.5. The van der Waals surface area contributed by atoms with Gasteiger partial charge in [0.05, 0.1) is 6.61 Å². The van der Waals surface area contributed by atoms with Gasteiger partial charge in [-0.25, -0.2) is 0 Å². The number of nitrogens with zero attached hydrogens (tertiary/aromatic N) is 4. The van der Waals surface area contributed by atoms with Gasteiger partial charge in [-0.1, -0.05) is 6.08 Å². The molecule has 0 unspecified atom stereocenters. The number of ether oxygens (including phenoxy) is 1. The minimum Gasteiger partial charge on any atom is -0.463 e. The lowest BCUT2D eigenvalue weighted by molar-refractivity contribution is 0.298. The van der Waals surface area contributed by atoms with Crippen molar-refractivity contribution in [1.29, 1.82) is 0 Å². The first kappa shape index (κ1) is 13.2. The number of anilines is 2. The summed E-state index contributed by atoms with van der Waals surface area (Å²) in [6, 6.07) is 0.265. The first-order valence-corrected chi connectivity index (χ1v) is 5.71. The van der Waals surface area contributed by atoms with Crippen molar-refractivity contribution in [1.82, 2.24) is 15.0 Å². The molecule has 1 rings (SSSR count). The predicted octanol–water partition coefficient (Wildman–Crippen LogP) is 1.25. The molecule has 0 aromatic carbocycles. The van der Waals surface area contributed by atoms with E-state index in [1.807, 2.05) is 18.7 Å². The Morgan fingerprint density at radius 1 is 1.29 bits per heavy atom. The Balaban J connectivity index is 2.81. The van der Waals surface area contributed by atoms with Crippen molar-refractivity contribution in [3.8, 4) is 6.01 Å². The van der Waals surface area contributed by atoms with E-state index in [0.717, 1.165) is 19.5 Å². The van der Waals surface area contributed by atoms with Gasteiger partial charge >= 0.3 is 6.01 Å². The Bertz CT molecular complexity index is 365. The topological polar surface area (TPSA) is 77.2 Å². The van der Waals surface area contributed by atoms with E-state index in [1.165, 1.54) is 0 Å². The average molecular weight is 237 g/mol. The maximum atomic E-state index is 5.62. The highest BCUT2D eigenvalue weighted by molar-refractivity contribution is 5.35. The SMILES string of the molecule is C=CCCOc1nc(N)nc(N(CC)CC)n1. The van der Waals surface area contributed by atoms with Crippen molar-refractivity contribution >= 4 is 11.9 Å². The zero-order valence-corrected chi connectivity index (χ0v) is 10.4. The molecule has 0 spiro atoms. The van der Waals surface area contributed by atoms with Crippen LogP contribution < -0.4 is 15.4 Å². The summed E-state index contributed by atoms with van der Waals surface area (Å²) in [5.74, 6) is 0.728. The van der Waals surface area contributed by atoms with E-state index in [-0.39, 0.29) is 12.0 Å². The molecule has 0 saturated heterocycles. The summed E-state index contributed by atoms with van der Waals surface area (Å²) in [7, 11) is 0. The second-order valence-corrected chi connectivity index (χ2v) is 3.37. The van der Waals surface area contributed by atoms with Gasteiger partial charge in [0.25, 0.3) is 0 Å². The number of hydrogen-bond donors (Lipinski definition) is 1. The highest BCUT2D eigenvalue weighted by atomic mass is 16.5. The van der Waals surface area contributed by atoms with Gasteiger partial charge in [-0.2, -0.15) is 15.0 Å². The van der Waals surface area contributed by atoms with Crippen molar-refractivity contribution < 1.29 is 4.74 Å².